The Morgan fingerprint density at radius 2 is 2.14 bits per heavy atom. The Morgan fingerprint density at radius 1 is 1.36 bits per heavy atom. The summed E-state index contributed by atoms with van der Waals surface area (Å²) in [6.45, 7) is 6.40. The molecule has 0 saturated heterocycles. The molecule has 0 aromatic carbocycles. The van der Waals surface area contributed by atoms with E-state index in [9.17, 15) is 0 Å². The summed E-state index contributed by atoms with van der Waals surface area (Å²) < 4.78 is 0. The average Bonchev–Trinajstić information content (AvgIpc) is 2.63. The number of fused-ring (bicyclic) bond motifs is 1. The van der Waals surface area contributed by atoms with Crippen molar-refractivity contribution in [2.75, 3.05) is 0 Å². The van der Waals surface area contributed by atoms with E-state index in [1.165, 1.54) is 0 Å². The second kappa shape index (κ2) is 3.40. The van der Waals surface area contributed by atoms with Crippen LogP contribution >= 0.6 is 0 Å². The molecule has 0 atom stereocenters. The lowest BCUT2D eigenvalue weighted by molar-refractivity contribution is 0.803. The van der Waals surface area contributed by atoms with Gasteiger partial charge in [-0.3, -0.25) is 0 Å². The molecule has 3 nitrogen and oxygen atoms in total. The summed E-state index contributed by atoms with van der Waals surface area (Å²) in [5, 5.41) is 1.15. The number of H-pyrrole nitrogens is 1. The normalized spacial score (nSPS) is 11.4. The molecule has 0 aliphatic rings. The zero-order chi connectivity index (χ0) is 10.1. The fraction of sp³-hybridized carbons (Fsp3) is 0.455. The number of rotatable bonds is 2. The van der Waals surface area contributed by atoms with Gasteiger partial charge in [0.15, 0.2) is 0 Å². The largest absolute Gasteiger partial charge is 0.346 e. The van der Waals surface area contributed by atoms with Gasteiger partial charge in [0.25, 0.3) is 0 Å². The van der Waals surface area contributed by atoms with Crippen LogP contribution in [-0.2, 0) is 6.42 Å². The summed E-state index contributed by atoms with van der Waals surface area (Å²) >= 11 is 0. The van der Waals surface area contributed by atoms with Gasteiger partial charge in [0.2, 0.25) is 0 Å². The van der Waals surface area contributed by atoms with E-state index < -0.39 is 0 Å². The molecular formula is C11H15N3. The van der Waals surface area contributed by atoms with E-state index in [1.807, 2.05) is 12.3 Å². The Labute approximate surface area is 83.6 Å². The second-order valence-corrected chi connectivity index (χ2v) is 3.77. The molecule has 14 heavy (non-hydrogen) atoms. The van der Waals surface area contributed by atoms with Crippen LogP contribution in [0.1, 0.15) is 38.2 Å². The molecule has 0 radical (unpaired) electrons. The summed E-state index contributed by atoms with van der Waals surface area (Å²) in [7, 11) is 0. The lowest BCUT2D eigenvalue weighted by Gasteiger charge is -2.07. The van der Waals surface area contributed by atoms with E-state index in [-0.39, 0.29) is 0 Å². The first-order valence-corrected chi connectivity index (χ1v) is 5.06. The Kier molecular flexibility index (Phi) is 2.23. The molecule has 0 bridgehead atoms. The third kappa shape index (κ3) is 1.39. The highest BCUT2D eigenvalue weighted by Crippen LogP contribution is 2.21. The van der Waals surface area contributed by atoms with E-state index in [2.05, 4.69) is 35.7 Å². The van der Waals surface area contributed by atoms with Crippen molar-refractivity contribution in [3.63, 3.8) is 0 Å². The fourth-order valence-corrected chi connectivity index (χ4v) is 1.61. The highest BCUT2D eigenvalue weighted by atomic mass is 14.9. The lowest BCUT2D eigenvalue weighted by Crippen LogP contribution is -2.00. The van der Waals surface area contributed by atoms with Crippen molar-refractivity contribution in [3.8, 4) is 0 Å². The number of nitrogens with one attached hydrogen (secondary N) is 1. The monoisotopic (exact) mass is 189 g/mol. The standard InChI is InChI=1S/C11H15N3/c1-4-9-13-10(7(2)3)8-5-6-12-11(8)14-9/h5-7H,4H2,1-3H3,(H,12,13,14). The highest BCUT2D eigenvalue weighted by Gasteiger charge is 2.10. The van der Waals surface area contributed by atoms with Gasteiger partial charge in [0.1, 0.15) is 11.5 Å². The predicted octanol–water partition coefficient (Wildman–Crippen LogP) is 2.64. The summed E-state index contributed by atoms with van der Waals surface area (Å²) in [5.41, 5.74) is 2.11. The number of hydrogen-bond acceptors (Lipinski definition) is 2. The van der Waals surface area contributed by atoms with Crippen LogP contribution in [-0.4, -0.2) is 15.0 Å². The number of aryl methyl sites for hydroxylation is 1. The maximum Gasteiger partial charge on any atom is 0.141 e. The first kappa shape index (κ1) is 9.19. The van der Waals surface area contributed by atoms with Gasteiger partial charge < -0.3 is 4.98 Å². The Bertz CT molecular complexity index is 443. The highest BCUT2D eigenvalue weighted by molar-refractivity contribution is 5.78. The molecule has 0 fully saturated rings. The molecule has 0 spiro atoms. The van der Waals surface area contributed by atoms with Crippen LogP contribution < -0.4 is 0 Å². The molecule has 2 rings (SSSR count). The topological polar surface area (TPSA) is 41.6 Å². The Morgan fingerprint density at radius 3 is 2.79 bits per heavy atom. The minimum Gasteiger partial charge on any atom is -0.346 e. The summed E-state index contributed by atoms with van der Waals surface area (Å²) in [6, 6.07) is 2.05. The summed E-state index contributed by atoms with van der Waals surface area (Å²) in [4.78, 5) is 12.1. The SMILES string of the molecule is CCc1nc(C(C)C)c2cc[nH]c2n1. The van der Waals surface area contributed by atoms with Crippen LogP contribution in [0.3, 0.4) is 0 Å². The molecule has 0 unspecified atom stereocenters. The number of hydrogen-bond donors (Lipinski definition) is 1. The Hall–Kier alpha value is -1.38. The number of aromatic amines is 1. The first-order chi connectivity index (χ1) is 6.72. The van der Waals surface area contributed by atoms with E-state index in [1.54, 1.807) is 0 Å². The molecule has 2 heterocycles. The van der Waals surface area contributed by atoms with Crippen molar-refractivity contribution in [1.82, 2.24) is 15.0 Å². The quantitative estimate of drug-likeness (QED) is 0.789. The smallest absolute Gasteiger partial charge is 0.141 e. The number of aromatic nitrogens is 3. The molecule has 1 N–H and O–H groups in total. The van der Waals surface area contributed by atoms with E-state index in [0.29, 0.717) is 5.92 Å². The van der Waals surface area contributed by atoms with Crippen molar-refractivity contribution in [1.29, 1.82) is 0 Å². The molecule has 3 heteroatoms. The van der Waals surface area contributed by atoms with Crippen molar-refractivity contribution < 1.29 is 0 Å². The second-order valence-electron chi connectivity index (χ2n) is 3.77. The molecule has 2 aromatic heterocycles. The van der Waals surface area contributed by atoms with Crippen LogP contribution in [0, 0.1) is 0 Å². The minimum absolute atomic E-state index is 0.446. The average molecular weight is 189 g/mol. The summed E-state index contributed by atoms with van der Waals surface area (Å²) in [5.74, 6) is 1.37. The number of nitrogens with zero attached hydrogens (tertiary/aromatic N) is 2. The van der Waals surface area contributed by atoms with Gasteiger partial charge in [-0.2, -0.15) is 0 Å². The molecule has 74 valence electrons. The van der Waals surface area contributed by atoms with E-state index in [0.717, 1.165) is 29.0 Å². The molecule has 2 aromatic rings. The third-order valence-corrected chi connectivity index (χ3v) is 2.35. The lowest BCUT2D eigenvalue weighted by atomic mass is 10.1. The molecule has 0 aliphatic heterocycles. The van der Waals surface area contributed by atoms with Crippen molar-refractivity contribution in [2.45, 2.75) is 33.1 Å². The zero-order valence-corrected chi connectivity index (χ0v) is 8.83. The van der Waals surface area contributed by atoms with E-state index >= 15 is 0 Å². The van der Waals surface area contributed by atoms with E-state index in [4.69, 9.17) is 0 Å². The summed E-state index contributed by atoms with van der Waals surface area (Å²) in [6.07, 6.45) is 2.80. The minimum atomic E-state index is 0.446. The zero-order valence-electron chi connectivity index (χ0n) is 8.83. The van der Waals surface area contributed by atoms with Crippen LogP contribution in [0.25, 0.3) is 11.0 Å². The fourth-order valence-electron chi connectivity index (χ4n) is 1.61. The van der Waals surface area contributed by atoms with Crippen LogP contribution in [0.2, 0.25) is 0 Å². The molecular weight excluding hydrogens is 174 g/mol. The van der Waals surface area contributed by atoms with Gasteiger partial charge in [-0.1, -0.05) is 20.8 Å². The predicted molar refractivity (Wildman–Crippen MR) is 57.4 cm³/mol. The first-order valence-electron chi connectivity index (χ1n) is 5.06. The Balaban J connectivity index is 2.70. The van der Waals surface area contributed by atoms with Gasteiger partial charge in [-0.05, 0) is 12.0 Å². The van der Waals surface area contributed by atoms with Crippen molar-refractivity contribution in [2.24, 2.45) is 0 Å². The molecule has 0 saturated carbocycles. The van der Waals surface area contributed by atoms with Gasteiger partial charge in [0, 0.05) is 18.0 Å². The third-order valence-electron chi connectivity index (χ3n) is 2.35. The van der Waals surface area contributed by atoms with Crippen molar-refractivity contribution in [3.05, 3.63) is 23.8 Å². The van der Waals surface area contributed by atoms with Crippen LogP contribution in [0.15, 0.2) is 12.3 Å². The van der Waals surface area contributed by atoms with Crippen LogP contribution in [0.4, 0.5) is 0 Å². The maximum atomic E-state index is 4.56. The van der Waals surface area contributed by atoms with Gasteiger partial charge in [0.05, 0.1) is 5.69 Å². The van der Waals surface area contributed by atoms with Gasteiger partial charge in [-0.25, -0.2) is 9.97 Å². The van der Waals surface area contributed by atoms with Crippen molar-refractivity contribution >= 4 is 11.0 Å². The van der Waals surface area contributed by atoms with Crippen LogP contribution in [0.5, 0.6) is 0 Å². The van der Waals surface area contributed by atoms with Gasteiger partial charge >= 0.3 is 0 Å². The molecule has 0 amide bonds. The van der Waals surface area contributed by atoms with Gasteiger partial charge in [-0.15, -0.1) is 0 Å². The maximum absolute atomic E-state index is 4.56. The molecule has 0 aliphatic carbocycles.